The normalized spacial score (nSPS) is 17.9. The first-order valence-electron chi connectivity index (χ1n) is 6.92. The molecule has 98 valence electrons. The van der Waals surface area contributed by atoms with Crippen molar-refractivity contribution in [1.29, 1.82) is 0 Å². The van der Waals surface area contributed by atoms with Crippen molar-refractivity contribution >= 4 is 5.78 Å². The number of carbonyl (C=O) groups excluding carboxylic acids is 1. The van der Waals surface area contributed by atoms with Gasteiger partial charge in [0.25, 0.3) is 0 Å². The lowest BCUT2D eigenvalue weighted by Gasteiger charge is -2.20. The van der Waals surface area contributed by atoms with Gasteiger partial charge in [0.1, 0.15) is 0 Å². The Morgan fingerprint density at radius 1 is 1.28 bits per heavy atom. The number of likely N-dealkylation sites (tertiary alicyclic amines) is 1. The lowest BCUT2D eigenvalue weighted by atomic mass is 9.93. The zero-order valence-corrected chi connectivity index (χ0v) is 11.7. The van der Waals surface area contributed by atoms with Gasteiger partial charge in [0.2, 0.25) is 0 Å². The van der Waals surface area contributed by atoms with Crippen LogP contribution in [0.2, 0.25) is 0 Å². The number of carbonyl (C=O) groups is 1. The monoisotopic (exact) mass is 245 g/mol. The molecule has 0 spiro atoms. The van der Waals surface area contributed by atoms with Crippen LogP contribution in [0.25, 0.3) is 0 Å². The zero-order chi connectivity index (χ0) is 13.1. The van der Waals surface area contributed by atoms with Gasteiger partial charge < -0.3 is 4.90 Å². The Labute approximate surface area is 110 Å². The van der Waals surface area contributed by atoms with E-state index < -0.39 is 0 Å². The molecule has 1 aromatic rings. The van der Waals surface area contributed by atoms with Crippen molar-refractivity contribution in [2.45, 2.75) is 33.6 Å². The van der Waals surface area contributed by atoms with Crippen molar-refractivity contribution in [3.8, 4) is 0 Å². The van der Waals surface area contributed by atoms with Crippen LogP contribution >= 0.6 is 0 Å². The van der Waals surface area contributed by atoms with Crippen molar-refractivity contribution in [2.75, 3.05) is 19.6 Å². The van der Waals surface area contributed by atoms with Gasteiger partial charge in [-0.1, -0.05) is 25.1 Å². The van der Waals surface area contributed by atoms with E-state index in [1.807, 2.05) is 19.1 Å². The van der Waals surface area contributed by atoms with Crippen LogP contribution < -0.4 is 0 Å². The van der Waals surface area contributed by atoms with Crippen LogP contribution in [0.15, 0.2) is 18.2 Å². The van der Waals surface area contributed by atoms with Crippen molar-refractivity contribution in [1.82, 2.24) is 4.90 Å². The summed E-state index contributed by atoms with van der Waals surface area (Å²) in [5.74, 6) is 0.395. The predicted octanol–water partition coefficient (Wildman–Crippen LogP) is 3.22. The van der Waals surface area contributed by atoms with Crippen LogP contribution in [0.1, 0.15) is 41.3 Å². The lowest BCUT2D eigenvalue weighted by molar-refractivity contribution is 0.0902. The molecule has 0 saturated carbocycles. The lowest BCUT2D eigenvalue weighted by Crippen LogP contribution is -2.29. The molecule has 0 aromatic heterocycles. The second kappa shape index (κ2) is 5.66. The van der Waals surface area contributed by atoms with Crippen LogP contribution in [0.3, 0.4) is 0 Å². The van der Waals surface area contributed by atoms with Crippen molar-refractivity contribution in [2.24, 2.45) is 5.92 Å². The molecular weight excluding hydrogens is 222 g/mol. The minimum atomic E-state index is 0.101. The largest absolute Gasteiger partial charge is 0.303 e. The van der Waals surface area contributed by atoms with Gasteiger partial charge in [0, 0.05) is 18.0 Å². The molecule has 1 fully saturated rings. The average molecular weight is 245 g/mol. The molecule has 1 aliphatic rings. The predicted molar refractivity (Wildman–Crippen MR) is 75.1 cm³/mol. The molecule has 0 amide bonds. The number of nitrogens with zero attached hydrogens (tertiary/aromatic N) is 1. The third-order valence-corrected chi connectivity index (χ3v) is 4.05. The van der Waals surface area contributed by atoms with Gasteiger partial charge in [-0.2, -0.15) is 0 Å². The summed E-state index contributed by atoms with van der Waals surface area (Å²) in [4.78, 5) is 14.9. The van der Waals surface area contributed by atoms with Crippen molar-refractivity contribution < 1.29 is 4.79 Å². The van der Waals surface area contributed by atoms with E-state index in [-0.39, 0.29) is 5.92 Å². The van der Waals surface area contributed by atoms with Gasteiger partial charge in [-0.15, -0.1) is 0 Å². The number of aryl methyl sites for hydroxylation is 1. The maximum Gasteiger partial charge on any atom is 0.167 e. The SMILES string of the molecule is Cc1cccc(C(=O)C(C)CN2CCCC2)c1C. The number of benzene rings is 1. The summed E-state index contributed by atoms with van der Waals surface area (Å²) in [6.07, 6.45) is 2.56. The first-order valence-corrected chi connectivity index (χ1v) is 6.92. The average Bonchev–Trinajstić information content (AvgIpc) is 2.84. The second-order valence-corrected chi connectivity index (χ2v) is 5.52. The number of rotatable bonds is 4. The highest BCUT2D eigenvalue weighted by molar-refractivity contribution is 5.99. The summed E-state index contributed by atoms with van der Waals surface area (Å²) in [7, 11) is 0. The van der Waals surface area contributed by atoms with Crippen molar-refractivity contribution in [3.05, 3.63) is 34.9 Å². The fourth-order valence-corrected chi connectivity index (χ4v) is 2.72. The molecule has 1 aromatic carbocycles. The van der Waals surface area contributed by atoms with E-state index in [0.717, 1.165) is 30.8 Å². The Bertz CT molecular complexity index is 433. The van der Waals surface area contributed by atoms with E-state index in [1.54, 1.807) is 0 Å². The molecule has 2 rings (SSSR count). The second-order valence-electron chi connectivity index (χ2n) is 5.52. The van der Waals surface area contributed by atoms with Crippen LogP contribution in [-0.2, 0) is 0 Å². The quantitative estimate of drug-likeness (QED) is 0.759. The molecule has 1 aliphatic heterocycles. The molecule has 2 heteroatoms. The summed E-state index contributed by atoms with van der Waals surface area (Å²) in [6.45, 7) is 9.39. The first kappa shape index (κ1) is 13.3. The zero-order valence-electron chi connectivity index (χ0n) is 11.7. The summed E-state index contributed by atoms with van der Waals surface area (Å²) in [6, 6.07) is 6.01. The summed E-state index contributed by atoms with van der Waals surface area (Å²) >= 11 is 0. The first-order chi connectivity index (χ1) is 8.59. The molecule has 0 N–H and O–H groups in total. The molecule has 2 nitrogen and oxygen atoms in total. The van der Waals surface area contributed by atoms with Gasteiger partial charge in [0.15, 0.2) is 5.78 Å². The Morgan fingerprint density at radius 2 is 1.94 bits per heavy atom. The fourth-order valence-electron chi connectivity index (χ4n) is 2.72. The minimum absolute atomic E-state index is 0.101. The van der Waals surface area contributed by atoms with Crippen LogP contribution in [-0.4, -0.2) is 30.3 Å². The van der Waals surface area contributed by atoms with Gasteiger partial charge in [-0.25, -0.2) is 0 Å². The standard InChI is InChI=1S/C16H23NO/c1-12-7-6-8-15(14(12)3)16(18)13(2)11-17-9-4-5-10-17/h6-8,13H,4-5,9-11H2,1-3H3. The number of hydrogen-bond acceptors (Lipinski definition) is 2. The summed E-state index contributed by atoms with van der Waals surface area (Å²) in [5.41, 5.74) is 3.24. The van der Waals surface area contributed by atoms with Gasteiger partial charge in [0.05, 0.1) is 0 Å². The van der Waals surface area contributed by atoms with Gasteiger partial charge in [-0.05, 0) is 50.9 Å². The van der Waals surface area contributed by atoms with Crippen molar-refractivity contribution in [3.63, 3.8) is 0 Å². The highest BCUT2D eigenvalue weighted by atomic mass is 16.1. The molecule has 0 bridgehead atoms. The molecule has 18 heavy (non-hydrogen) atoms. The minimum Gasteiger partial charge on any atom is -0.303 e. The van der Waals surface area contributed by atoms with Crippen LogP contribution in [0, 0.1) is 19.8 Å². The summed E-state index contributed by atoms with van der Waals surface area (Å²) < 4.78 is 0. The Kier molecular flexibility index (Phi) is 4.18. The van der Waals surface area contributed by atoms with Crippen LogP contribution in [0.4, 0.5) is 0 Å². The molecule has 0 aliphatic carbocycles. The summed E-state index contributed by atoms with van der Waals surface area (Å²) in [5, 5.41) is 0. The van der Waals surface area contributed by atoms with Crippen LogP contribution in [0.5, 0.6) is 0 Å². The Balaban J connectivity index is 2.07. The maximum absolute atomic E-state index is 12.5. The Hall–Kier alpha value is -1.15. The van der Waals surface area contributed by atoms with E-state index in [1.165, 1.54) is 18.4 Å². The number of Topliss-reactive ketones (excluding diaryl/α,β-unsaturated/α-hetero) is 1. The molecule has 1 heterocycles. The highest BCUT2D eigenvalue weighted by Gasteiger charge is 2.21. The molecule has 0 radical (unpaired) electrons. The third-order valence-electron chi connectivity index (χ3n) is 4.05. The Morgan fingerprint density at radius 3 is 2.61 bits per heavy atom. The van der Waals surface area contributed by atoms with Gasteiger partial charge in [-0.3, -0.25) is 4.79 Å². The smallest absolute Gasteiger partial charge is 0.167 e. The highest BCUT2D eigenvalue weighted by Crippen LogP contribution is 2.19. The van der Waals surface area contributed by atoms with E-state index in [4.69, 9.17) is 0 Å². The molecule has 1 atom stereocenters. The fraction of sp³-hybridized carbons (Fsp3) is 0.562. The number of ketones is 1. The molecule has 1 saturated heterocycles. The third kappa shape index (κ3) is 2.81. The maximum atomic E-state index is 12.5. The van der Waals surface area contributed by atoms with E-state index >= 15 is 0 Å². The topological polar surface area (TPSA) is 20.3 Å². The van der Waals surface area contributed by atoms with Gasteiger partial charge >= 0.3 is 0 Å². The van der Waals surface area contributed by atoms with E-state index in [9.17, 15) is 4.79 Å². The molecular formula is C16H23NO. The van der Waals surface area contributed by atoms with E-state index in [0.29, 0.717) is 5.78 Å². The number of hydrogen-bond donors (Lipinski definition) is 0. The van der Waals surface area contributed by atoms with E-state index in [2.05, 4.69) is 24.8 Å². The molecule has 1 unspecified atom stereocenters.